The minimum absolute atomic E-state index is 0.113. The molecular formula is C22H18F2N4O2. The lowest BCUT2D eigenvalue weighted by atomic mass is 10.0. The summed E-state index contributed by atoms with van der Waals surface area (Å²) in [6.07, 6.45) is 2.15. The number of rotatable bonds is 5. The second-order valence-electron chi connectivity index (χ2n) is 7.08. The number of carbonyl (C=O) groups excluding carboxylic acids is 1. The Morgan fingerprint density at radius 3 is 2.50 bits per heavy atom. The molecule has 0 aliphatic heterocycles. The van der Waals surface area contributed by atoms with Crippen molar-refractivity contribution < 1.29 is 13.6 Å². The average molecular weight is 408 g/mol. The van der Waals surface area contributed by atoms with Crippen molar-refractivity contribution in [3.05, 3.63) is 81.9 Å². The van der Waals surface area contributed by atoms with Crippen molar-refractivity contribution in [1.29, 1.82) is 0 Å². The van der Waals surface area contributed by atoms with E-state index in [2.05, 4.69) is 10.4 Å². The van der Waals surface area contributed by atoms with Crippen LogP contribution < -0.4 is 10.9 Å². The second-order valence-corrected chi connectivity index (χ2v) is 7.08. The SMILES string of the molecule is Cc1cc(-c2cc(NC=O)c3c(F)nn(Cc4ccc(F)cc4)c3c2)cn(C)c1=O. The van der Waals surface area contributed by atoms with E-state index < -0.39 is 5.95 Å². The minimum Gasteiger partial charge on any atom is -0.328 e. The van der Waals surface area contributed by atoms with Gasteiger partial charge in [-0.3, -0.25) is 14.3 Å². The van der Waals surface area contributed by atoms with Gasteiger partial charge in [-0.15, -0.1) is 5.10 Å². The summed E-state index contributed by atoms with van der Waals surface area (Å²) < 4.78 is 30.8. The largest absolute Gasteiger partial charge is 0.328 e. The monoisotopic (exact) mass is 408 g/mol. The number of nitrogens with one attached hydrogen (secondary N) is 1. The number of pyridine rings is 1. The summed E-state index contributed by atoms with van der Waals surface area (Å²) in [5, 5.41) is 6.69. The Bertz CT molecular complexity index is 1300. The van der Waals surface area contributed by atoms with Crippen LogP contribution in [0.15, 0.2) is 53.5 Å². The van der Waals surface area contributed by atoms with Crippen molar-refractivity contribution in [3.63, 3.8) is 0 Å². The predicted molar refractivity (Wildman–Crippen MR) is 110 cm³/mol. The molecule has 0 atom stereocenters. The van der Waals surface area contributed by atoms with Crippen molar-refractivity contribution in [2.24, 2.45) is 7.05 Å². The van der Waals surface area contributed by atoms with E-state index in [9.17, 15) is 18.4 Å². The molecule has 0 spiro atoms. The molecule has 1 N–H and O–H groups in total. The fraction of sp³-hybridized carbons (Fsp3) is 0.136. The van der Waals surface area contributed by atoms with Gasteiger partial charge in [-0.05, 0) is 53.9 Å². The lowest BCUT2D eigenvalue weighted by Crippen LogP contribution is -2.18. The van der Waals surface area contributed by atoms with Gasteiger partial charge in [0, 0.05) is 18.8 Å². The Kier molecular flexibility index (Phi) is 4.91. The van der Waals surface area contributed by atoms with E-state index in [0.29, 0.717) is 23.1 Å². The zero-order valence-corrected chi connectivity index (χ0v) is 16.3. The summed E-state index contributed by atoms with van der Waals surface area (Å²) >= 11 is 0. The summed E-state index contributed by atoms with van der Waals surface area (Å²) in [6.45, 7) is 1.93. The van der Waals surface area contributed by atoms with E-state index in [4.69, 9.17) is 0 Å². The van der Waals surface area contributed by atoms with Crippen LogP contribution >= 0.6 is 0 Å². The normalized spacial score (nSPS) is 11.1. The number of nitrogens with zero attached hydrogens (tertiary/aromatic N) is 3. The van der Waals surface area contributed by atoms with E-state index in [1.165, 1.54) is 21.4 Å². The first kappa shape index (κ1) is 19.5. The Balaban J connectivity index is 1.91. The van der Waals surface area contributed by atoms with Gasteiger partial charge in [-0.2, -0.15) is 4.39 Å². The number of amides is 1. The number of benzene rings is 2. The molecule has 30 heavy (non-hydrogen) atoms. The highest BCUT2D eigenvalue weighted by Gasteiger charge is 2.17. The average Bonchev–Trinajstić information content (AvgIpc) is 3.03. The fourth-order valence-corrected chi connectivity index (χ4v) is 3.52. The molecule has 0 fully saturated rings. The topological polar surface area (TPSA) is 68.9 Å². The van der Waals surface area contributed by atoms with Crippen LogP contribution in [0, 0.1) is 18.7 Å². The Hall–Kier alpha value is -3.81. The summed E-state index contributed by atoms with van der Waals surface area (Å²) in [5.74, 6) is -1.08. The molecule has 6 nitrogen and oxygen atoms in total. The lowest BCUT2D eigenvalue weighted by Gasteiger charge is -2.11. The van der Waals surface area contributed by atoms with Crippen molar-refractivity contribution in [2.45, 2.75) is 13.5 Å². The second kappa shape index (κ2) is 7.55. The van der Waals surface area contributed by atoms with Gasteiger partial charge in [-0.1, -0.05) is 12.1 Å². The minimum atomic E-state index is -0.723. The first-order chi connectivity index (χ1) is 14.4. The molecule has 0 saturated heterocycles. The number of hydrogen-bond acceptors (Lipinski definition) is 3. The maximum Gasteiger partial charge on any atom is 0.253 e. The van der Waals surface area contributed by atoms with Crippen LogP contribution in [-0.2, 0) is 18.4 Å². The third-order valence-corrected chi connectivity index (χ3v) is 4.97. The van der Waals surface area contributed by atoms with Gasteiger partial charge in [0.1, 0.15) is 5.82 Å². The molecule has 0 radical (unpaired) electrons. The van der Waals surface area contributed by atoms with Gasteiger partial charge >= 0.3 is 0 Å². The highest BCUT2D eigenvalue weighted by Crippen LogP contribution is 2.33. The van der Waals surface area contributed by atoms with Gasteiger partial charge in [0.25, 0.3) is 5.56 Å². The molecular weight excluding hydrogens is 390 g/mol. The van der Waals surface area contributed by atoms with Gasteiger partial charge in [0.05, 0.1) is 23.1 Å². The first-order valence-electron chi connectivity index (χ1n) is 9.19. The van der Waals surface area contributed by atoms with Crippen LogP contribution in [0.2, 0.25) is 0 Å². The summed E-state index contributed by atoms with van der Waals surface area (Å²) in [5.41, 5.74) is 3.35. The first-order valence-corrected chi connectivity index (χ1v) is 9.19. The molecule has 4 aromatic rings. The Labute approximate surface area is 170 Å². The van der Waals surface area contributed by atoms with Crippen molar-refractivity contribution in [2.75, 3.05) is 5.32 Å². The third-order valence-electron chi connectivity index (χ3n) is 4.97. The fourth-order valence-electron chi connectivity index (χ4n) is 3.52. The highest BCUT2D eigenvalue weighted by atomic mass is 19.1. The number of aromatic nitrogens is 3. The van der Waals surface area contributed by atoms with Crippen LogP contribution in [0.25, 0.3) is 22.0 Å². The molecule has 4 rings (SSSR count). The zero-order chi connectivity index (χ0) is 21.4. The zero-order valence-electron chi connectivity index (χ0n) is 16.3. The molecule has 0 aliphatic rings. The maximum absolute atomic E-state index is 14.7. The number of anilines is 1. The van der Waals surface area contributed by atoms with E-state index in [1.807, 2.05) is 0 Å². The quantitative estimate of drug-likeness (QED) is 0.513. The number of carbonyl (C=O) groups is 1. The predicted octanol–water partition coefficient (Wildman–Crippen LogP) is 3.61. The van der Waals surface area contributed by atoms with Gasteiger partial charge in [-0.25, -0.2) is 4.39 Å². The molecule has 0 saturated carbocycles. The molecule has 8 heteroatoms. The Morgan fingerprint density at radius 2 is 1.83 bits per heavy atom. The van der Waals surface area contributed by atoms with Gasteiger partial charge < -0.3 is 9.88 Å². The Morgan fingerprint density at radius 1 is 1.10 bits per heavy atom. The number of halogens is 2. The number of aryl methyl sites for hydroxylation is 2. The van der Waals surface area contributed by atoms with Crippen LogP contribution in [0.5, 0.6) is 0 Å². The highest BCUT2D eigenvalue weighted by molar-refractivity contribution is 5.99. The lowest BCUT2D eigenvalue weighted by molar-refractivity contribution is -0.105. The molecule has 2 aromatic heterocycles. The molecule has 0 bridgehead atoms. The summed E-state index contributed by atoms with van der Waals surface area (Å²) in [4.78, 5) is 23.2. The van der Waals surface area contributed by atoms with Crippen molar-refractivity contribution in [3.8, 4) is 11.1 Å². The molecule has 0 aliphatic carbocycles. The standard InChI is InChI=1S/C22H18F2N4O2/c1-13-7-16(11-27(2)22(13)30)15-8-18(25-12-29)20-19(9-15)28(26-21(20)24)10-14-3-5-17(23)6-4-14/h3-9,11-12H,10H2,1-2H3,(H,25,29). The molecule has 0 unspecified atom stereocenters. The summed E-state index contributed by atoms with van der Waals surface area (Å²) in [6, 6.07) is 11.0. The van der Waals surface area contributed by atoms with Gasteiger partial charge in [0.2, 0.25) is 12.4 Å². The van der Waals surface area contributed by atoms with Crippen LogP contribution in [0.4, 0.5) is 14.5 Å². The molecule has 2 aromatic carbocycles. The van der Waals surface area contributed by atoms with E-state index in [-0.39, 0.29) is 29.0 Å². The maximum atomic E-state index is 14.7. The smallest absolute Gasteiger partial charge is 0.253 e. The van der Waals surface area contributed by atoms with Crippen LogP contribution in [0.1, 0.15) is 11.1 Å². The molecule has 152 valence electrons. The van der Waals surface area contributed by atoms with E-state index in [0.717, 1.165) is 11.1 Å². The van der Waals surface area contributed by atoms with E-state index >= 15 is 0 Å². The van der Waals surface area contributed by atoms with Crippen molar-refractivity contribution in [1.82, 2.24) is 14.3 Å². The van der Waals surface area contributed by atoms with E-state index in [1.54, 1.807) is 50.5 Å². The van der Waals surface area contributed by atoms with Crippen LogP contribution in [-0.4, -0.2) is 20.8 Å². The van der Waals surface area contributed by atoms with Crippen molar-refractivity contribution >= 4 is 23.0 Å². The molecule has 2 heterocycles. The number of hydrogen-bond donors (Lipinski definition) is 1. The summed E-state index contributed by atoms with van der Waals surface area (Å²) in [7, 11) is 1.65. The van der Waals surface area contributed by atoms with Crippen LogP contribution in [0.3, 0.4) is 0 Å². The van der Waals surface area contributed by atoms with Gasteiger partial charge in [0.15, 0.2) is 0 Å². The third kappa shape index (κ3) is 3.47. The number of fused-ring (bicyclic) bond motifs is 1. The molecule has 1 amide bonds.